The van der Waals surface area contributed by atoms with Crippen LogP contribution in [0.1, 0.15) is 26.7 Å². The molecule has 1 amide bonds. The summed E-state index contributed by atoms with van der Waals surface area (Å²) < 4.78 is 0. The third kappa shape index (κ3) is 1.65. The first-order chi connectivity index (χ1) is 6.74. The zero-order chi connectivity index (χ0) is 10.1. The highest BCUT2D eigenvalue weighted by Crippen LogP contribution is 2.27. The molecule has 80 valence electrons. The first-order valence-corrected chi connectivity index (χ1v) is 6.55. The molecule has 3 atom stereocenters. The van der Waals surface area contributed by atoms with Crippen LogP contribution < -0.4 is 5.32 Å². The molecule has 0 aromatic heterocycles. The van der Waals surface area contributed by atoms with Gasteiger partial charge in [-0.15, -0.1) is 0 Å². The topological polar surface area (TPSA) is 32.3 Å². The molecule has 2 aliphatic rings. The van der Waals surface area contributed by atoms with Crippen molar-refractivity contribution in [2.75, 3.05) is 11.5 Å². The van der Waals surface area contributed by atoms with Gasteiger partial charge in [0.2, 0.25) is 5.91 Å². The summed E-state index contributed by atoms with van der Waals surface area (Å²) in [6, 6.07) is 0.500. The summed E-state index contributed by atoms with van der Waals surface area (Å²) in [6.45, 7) is 4.10. The summed E-state index contributed by atoms with van der Waals surface area (Å²) in [4.78, 5) is 14.0. The van der Waals surface area contributed by atoms with E-state index in [1.165, 1.54) is 12.2 Å². The first-order valence-electron chi connectivity index (χ1n) is 5.40. The lowest BCUT2D eigenvalue weighted by Gasteiger charge is -2.28. The molecule has 0 radical (unpaired) electrons. The van der Waals surface area contributed by atoms with E-state index in [9.17, 15) is 4.79 Å². The average molecular weight is 214 g/mol. The van der Waals surface area contributed by atoms with E-state index in [0.717, 1.165) is 12.2 Å². The molecular weight excluding hydrogens is 196 g/mol. The highest BCUT2D eigenvalue weighted by atomic mass is 32.2. The van der Waals surface area contributed by atoms with E-state index < -0.39 is 0 Å². The number of amides is 1. The van der Waals surface area contributed by atoms with Gasteiger partial charge < -0.3 is 4.90 Å². The second-order valence-electron chi connectivity index (χ2n) is 4.08. The van der Waals surface area contributed by atoms with Gasteiger partial charge in [0.05, 0.1) is 12.2 Å². The van der Waals surface area contributed by atoms with Gasteiger partial charge >= 0.3 is 0 Å². The predicted molar refractivity (Wildman–Crippen MR) is 59.3 cm³/mol. The van der Waals surface area contributed by atoms with Crippen LogP contribution in [0.4, 0.5) is 0 Å². The Morgan fingerprint density at radius 3 is 3.00 bits per heavy atom. The molecule has 0 saturated carbocycles. The van der Waals surface area contributed by atoms with Crippen molar-refractivity contribution in [1.29, 1.82) is 0 Å². The van der Waals surface area contributed by atoms with Gasteiger partial charge in [0.15, 0.2) is 0 Å². The number of nitrogens with one attached hydrogen (secondary N) is 1. The van der Waals surface area contributed by atoms with Crippen LogP contribution in [0.5, 0.6) is 0 Å². The quantitative estimate of drug-likeness (QED) is 0.745. The van der Waals surface area contributed by atoms with Gasteiger partial charge in [0, 0.05) is 11.8 Å². The average Bonchev–Trinajstić information content (AvgIpc) is 2.76. The third-order valence-electron chi connectivity index (χ3n) is 3.09. The zero-order valence-electron chi connectivity index (χ0n) is 8.82. The van der Waals surface area contributed by atoms with Crippen LogP contribution in [0.15, 0.2) is 0 Å². The molecule has 2 aliphatic heterocycles. The van der Waals surface area contributed by atoms with Crippen LogP contribution in [0.3, 0.4) is 0 Å². The number of hydrogen-bond donors (Lipinski definition) is 1. The fraction of sp³-hybridized carbons (Fsp3) is 0.900. The van der Waals surface area contributed by atoms with Crippen molar-refractivity contribution in [3.8, 4) is 0 Å². The van der Waals surface area contributed by atoms with E-state index >= 15 is 0 Å². The van der Waals surface area contributed by atoms with E-state index in [-0.39, 0.29) is 12.2 Å². The zero-order valence-corrected chi connectivity index (χ0v) is 9.64. The third-order valence-corrected chi connectivity index (χ3v) is 4.23. The number of thioether (sulfide) groups is 1. The Labute approximate surface area is 89.6 Å². The summed E-state index contributed by atoms with van der Waals surface area (Å²) >= 11 is 1.96. The Balaban J connectivity index is 2.09. The second-order valence-corrected chi connectivity index (χ2v) is 5.23. The molecule has 4 heteroatoms. The summed E-state index contributed by atoms with van der Waals surface area (Å²) in [6.07, 6.45) is 2.46. The first kappa shape index (κ1) is 10.3. The van der Waals surface area contributed by atoms with E-state index in [4.69, 9.17) is 0 Å². The number of carbonyl (C=O) groups is 1. The molecule has 2 heterocycles. The summed E-state index contributed by atoms with van der Waals surface area (Å²) in [7, 11) is 0. The highest BCUT2D eigenvalue weighted by molar-refractivity contribution is 7.99. The van der Waals surface area contributed by atoms with Crippen LogP contribution >= 0.6 is 11.8 Å². The highest BCUT2D eigenvalue weighted by Gasteiger charge is 2.40. The molecule has 0 aliphatic carbocycles. The Bertz CT molecular complexity index is 226. The van der Waals surface area contributed by atoms with Gasteiger partial charge in [-0.1, -0.05) is 6.92 Å². The monoisotopic (exact) mass is 214 g/mol. The number of rotatable bonds is 2. The van der Waals surface area contributed by atoms with Crippen LogP contribution in [0.25, 0.3) is 0 Å². The van der Waals surface area contributed by atoms with Crippen LogP contribution in [-0.2, 0) is 4.79 Å². The minimum Gasteiger partial charge on any atom is -0.322 e. The van der Waals surface area contributed by atoms with Gasteiger partial charge in [0.1, 0.15) is 0 Å². The fourth-order valence-corrected chi connectivity index (χ4v) is 3.51. The molecule has 0 aromatic carbocycles. The molecule has 1 N–H and O–H groups in total. The van der Waals surface area contributed by atoms with E-state index in [1.54, 1.807) is 0 Å². The van der Waals surface area contributed by atoms with Crippen molar-refractivity contribution in [2.24, 2.45) is 0 Å². The molecule has 3 nitrogen and oxygen atoms in total. The van der Waals surface area contributed by atoms with Crippen molar-refractivity contribution >= 4 is 17.7 Å². The van der Waals surface area contributed by atoms with E-state index in [0.29, 0.717) is 11.9 Å². The summed E-state index contributed by atoms with van der Waals surface area (Å²) in [5, 5.41) is 3.35. The van der Waals surface area contributed by atoms with Gasteiger partial charge in [-0.05, 0) is 25.5 Å². The van der Waals surface area contributed by atoms with Gasteiger partial charge in [-0.2, -0.15) is 11.8 Å². The van der Waals surface area contributed by atoms with Gasteiger partial charge in [-0.25, -0.2) is 0 Å². The maximum absolute atomic E-state index is 11.9. The lowest BCUT2D eigenvalue weighted by atomic mass is 10.2. The molecule has 2 saturated heterocycles. The van der Waals surface area contributed by atoms with Crippen LogP contribution in [0, 0.1) is 0 Å². The molecule has 0 aromatic rings. The Morgan fingerprint density at radius 2 is 2.43 bits per heavy atom. The molecule has 2 rings (SSSR count). The molecule has 3 unspecified atom stereocenters. The minimum absolute atomic E-state index is 0.0190. The van der Waals surface area contributed by atoms with Crippen LogP contribution in [0.2, 0.25) is 0 Å². The molecule has 0 bridgehead atoms. The van der Waals surface area contributed by atoms with E-state index in [1.807, 2.05) is 18.7 Å². The van der Waals surface area contributed by atoms with Crippen molar-refractivity contribution in [2.45, 2.75) is 44.9 Å². The number of carbonyl (C=O) groups excluding carboxylic acids is 1. The maximum atomic E-state index is 11.9. The smallest absolute Gasteiger partial charge is 0.241 e. The summed E-state index contributed by atoms with van der Waals surface area (Å²) in [5.74, 6) is 2.62. The van der Waals surface area contributed by atoms with Crippen molar-refractivity contribution in [1.82, 2.24) is 10.2 Å². The molecule has 14 heavy (non-hydrogen) atoms. The maximum Gasteiger partial charge on any atom is 0.241 e. The molecular formula is C10H18N2OS. The number of hydrogen-bond acceptors (Lipinski definition) is 3. The normalized spacial score (nSPS) is 38.3. The Morgan fingerprint density at radius 1 is 1.64 bits per heavy atom. The SMILES string of the molecule is CCC1NC(C)C(=O)N1C1CCSC1. The van der Waals surface area contributed by atoms with Crippen LogP contribution in [-0.4, -0.2) is 40.6 Å². The predicted octanol–water partition coefficient (Wildman–Crippen LogP) is 1.05. The lowest BCUT2D eigenvalue weighted by molar-refractivity contribution is -0.131. The molecule has 2 fully saturated rings. The van der Waals surface area contributed by atoms with Gasteiger partial charge in [0.25, 0.3) is 0 Å². The van der Waals surface area contributed by atoms with Gasteiger partial charge in [-0.3, -0.25) is 10.1 Å². The van der Waals surface area contributed by atoms with Crippen molar-refractivity contribution in [3.63, 3.8) is 0 Å². The second kappa shape index (κ2) is 4.11. The Hall–Kier alpha value is -0.220. The fourth-order valence-electron chi connectivity index (χ4n) is 2.31. The molecule has 0 spiro atoms. The van der Waals surface area contributed by atoms with Crippen molar-refractivity contribution in [3.05, 3.63) is 0 Å². The van der Waals surface area contributed by atoms with E-state index in [2.05, 4.69) is 17.1 Å². The lowest BCUT2D eigenvalue weighted by Crippen LogP contribution is -2.44. The minimum atomic E-state index is 0.0190. The number of nitrogens with zero attached hydrogens (tertiary/aromatic N) is 1. The standard InChI is InChI=1S/C10H18N2OS/c1-3-9-11-7(2)10(13)12(9)8-4-5-14-6-8/h7-9,11H,3-6H2,1-2H3. The largest absolute Gasteiger partial charge is 0.322 e. The summed E-state index contributed by atoms with van der Waals surface area (Å²) in [5.41, 5.74) is 0. The van der Waals surface area contributed by atoms with Crippen molar-refractivity contribution < 1.29 is 4.79 Å². The Kier molecular flexibility index (Phi) is 3.02.